The van der Waals surface area contributed by atoms with Gasteiger partial charge in [0.05, 0.1) is 32.1 Å². The Morgan fingerprint density at radius 1 is 1.22 bits per heavy atom. The van der Waals surface area contributed by atoms with E-state index >= 15 is 0 Å². The summed E-state index contributed by atoms with van der Waals surface area (Å²) in [6.45, 7) is 1.89. The molecule has 0 bridgehead atoms. The van der Waals surface area contributed by atoms with Crippen LogP contribution in [0.1, 0.15) is 23.7 Å². The third-order valence-electron chi connectivity index (χ3n) is 3.52. The molecule has 0 radical (unpaired) electrons. The maximum Gasteiger partial charge on any atom is 0.313 e. The van der Waals surface area contributed by atoms with E-state index in [0.29, 0.717) is 22.3 Å². The van der Waals surface area contributed by atoms with E-state index in [2.05, 4.69) is 15.3 Å². The van der Waals surface area contributed by atoms with Crippen molar-refractivity contribution in [2.75, 3.05) is 32.4 Å². The molecule has 144 valence electrons. The van der Waals surface area contributed by atoms with Crippen LogP contribution >= 0.6 is 11.8 Å². The Morgan fingerprint density at radius 2 is 2.00 bits per heavy atom. The lowest BCUT2D eigenvalue weighted by Crippen LogP contribution is -2.14. The number of rotatable bonds is 9. The number of esters is 1. The molecule has 9 heteroatoms. The van der Waals surface area contributed by atoms with Gasteiger partial charge in [0.2, 0.25) is 0 Å². The summed E-state index contributed by atoms with van der Waals surface area (Å²) in [5.74, 6) is 0.401. The molecule has 1 aromatic carbocycles. The van der Waals surface area contributed by atoms with Crippen LogP contribution in [0.15, 0.2) is 29.6 Å². The van der Waals surface area contributed by atoms with Crippen LogP contribution in [0.3, 0.4) is 0 Å². The quantitative estimate of drug-likeness (QED) is 0.227. The summed E-state index contributed by atoms with van der Waals surface area (Å²) in [4.78, 5) is 32.7. The first kappa shape index (κ1) is 20.5. The lowest BCUT2D eigenvalue weighted by Gasteiger charge is -2.14. The zero-order valence-corrected chi connectivity index (χ0v) is 16.4. The molecule has 0 unspecified atom stereocenters. The molecule has 0 amide bonds. The smallest absolute Gasteiger partial charge is 0.313 e. The zero-order chi connectivity index (χ0) is 19.8. The number of carbonyl (C=O) groups excluding carboxylic acids is 2. The molecule has 27 heavy (non-hydrogen) atoms. The lowest BCUT2D eigenvalue weighted by molar-refractivity contribution is -0.141. The first-order valence-corrected chi connectivity index (χ1v) is 9.33. The third-order valence-corrected chi connectivity index (χ3v) is 4.08. The summed E-state index contributed by atoms with van der Waals surface area (Å²) in [5, 5.41) is 3.57. The SMILES string of the molecule is CCOC(=O)CC(=O)c1cnc(SC)nc1Nc1ccc(OC)cc1OC. The highest BCUT2D eigenvalue weighted by Crippen LogP contribution is 2.32. The Balaban J connectivity index is 2.37. The van der Waals surface area contributed by atoms with Gasteiger partial charge in [0.1, 0.15) is 23.7 Å². The van der Waals surface area contributed by atoms with Crippen molar-refractivity contribution < 1.29 is 23.8 Å². The number of hydrogen-bond acceptors (Lipinski definition) is 9. The zero-order valence-electron chi connectivity index (χ0n) is 15.6. The van der Waals surface area contributed by atoms with E-state index in [4.69, 9.17) is 14.2 Å². The molecule has 0 atom stereocenters. The number of nitrogens with one attached hydrogen (secondary N) is 1. The minimum absolute atomic E-state index is 0.193. The van der Waals surface area contributed by atoms with Crippen LogP contribution in [0.4, 0.5) is 11.5 Å². The molecular formula is C18H21N3O5S. The molecule has 0 aliphatic rings. The number of ether oxygens (including phenoxy) is 3. The predicted molar refractivity (Wildman–Crippen MR) is 102 cm³/mol. The molecule has 1 heterocycles. The summed E-state index contributed by atoms with van der Waals surface area (Å²) >= 11 is 1.34. The van der Waals surface area contributed by atoms with Gasteiger partial charge in [-0.1, -0.05) is 11.8 Å². The maximum absolute atomic E-state index is 12.5. The molecule has 0 saturated carbocycles. The highest BCUT2D eigenvalue weighted by atomic mass is 32.2. The van der Waals surface area contributed by atoms with Gasteiger partial charge in [0, 0.05) is 12.3 Å². The molecule has 0 spiro atoms. The monoisotopic (exact) mass is 391 g/mol. The first-order valence-electron chi connectivity index (χ1n) is 8.11. The van der Waals surface area contributed by atoms with Gasteiger partial charge in [0.25, 0.3) is 0 Å². The average molecular weight is 391 g/mol. The second-order valence-electron chi connectivity index (χ2n) is 5.22. The fourth-order valence-electron chi connectivity index (χ4n) is 2.23. The van der Waals surface area contributed by atoms with Crippen LogP contribution in [0.5, 0.6) is 11.5 Å². The Kier molecular flexibility index (Phi) is 7.42. The normalized spacial score (nSPS) is 10.2. The van der Waals surface area contributed by atoms with Crippen molar-refractivity contribution in [3.63, 3.8) is 0 Å². The molecular weight excluding hydrogens is 370 g/mol. The minimum Gasteiger partial charge on any atom is -0.497 e. The van der Waals surface area contributed by atoms with Gasteiger partial charge in [-0.15, -0.1) is 0 Å². The van der Waals surface area contributed by atoms with Crippen molar-refractivity contribution in [3.05, 3.63) is 30.0 Å². The Bertz CT molecular complexity index is 829. The van der Waals surface area contributed by atoms with Gasteiger partial charge in [-0.25, -0.2) is 9.97 Å². The van der Waals surface area contributed by atoms with E-state index < -0.39 is 11.8 Å². The van der Waals surface area contributed by atoms with Gasteiger partial charge in [-0.2, -0.15) is 0 Å². The maximum atomic E-state index is 12.5. The molecule has 0 aliphatic carbocycles. The molecule has 0 saturated heterocycles. The summed E-state index contributed by atoms with van der Waals surface area (Å²) in [7, 11) is 3.09. The van der Waals surface area contributed by atoms with E-state index in [9.17, 15) is 9.59 Å². The predicted octanol–water partition coefficient (Wildman–Crippen LogP) is 3.10. The van der Waals surface area contributed by atoms with Crippen molar-refractivity contribution in [3.8, 4) is 11.5 Å². The summed E-state index contributed by atoms with van der Waals surface area (Å²) < 4.78 is 15.4. The Hall–Kier alpha value is -2.81. The van der Waals surface area contributed by atoms with Gasteiger partial charge < -0.3 is 19.5 Å². The Labute approximate surface area is 161 Å². The van der Waals surface area contributed by atoms with Crippen LogP contribution in [-0.4, -0.2) is 48.8 Å². The topological polar surface area (TPSA) is 99.6 Å². The highest BCUT2D eigenvalue weighted by Gasteiger charge is 2.20. The van der Waals surface area contributed by atoms with E-state index in [-0.39, 0.29) is 24.4 Å². The van der Waals surface area contributed by atoms with Crippen LogP contribution in [-0.2, 0) is 9.53 Å². The summed E-state index contributed by atoms with van der Waals surface area (Å²) in [5.41, 5.74) is 0.785. The van der Waals surface area contributed by atoms with Crippen LogP contribution in [0, 0.1) is 0 Å². The molecule has 0 fully saturated rings. The van der Waals surface area contributed by atoms with Crippen LogP contribution in [0.2, 0.25) is 0 Å². The lowest BCUT2D eigenvalue weighted by atomic mass is 10.1. The number of Topliss-reactive ketones (excluding diaryl/α,β-unsaturated/α-hetero) is 1. The number of anilines is 2. The fraction of sp³-hybridized carbons (Fsp3) is 0.333. The van der Waals surface area contributed by atoms with Crippen LogP contribution in [0.25, 0.3) is 0 Å². The molecule has 1 aromatic heterocycles. The third kappa shape index (κ3) is 5.33. The Morgan fingerprint density at radius 3 is 2.63 bits per heavy atom. The van der Waals surface area contributed by atoms with Gasteiger partial charge in [-0.3, -0.25) is 9.59 Å². The standard InChI is InChI=1S/C18H21N3O5S/c1-5-26-16(23)9-14(22)12-10-19-18(27-4)21-17(12)20-13-7-6-11(24-2)8-15(13)25-3/h6-8,10H,5,9H2,1-4H3,(H,19,20,21). The second-order valence-corrected chi connectivity index (χ2v) is 5.99. The van der Waals surface area contributed by atoms with Crippen molar-refractivity contribution in [2.45, 2.75) is 18.5 Å². The number of carbonyl (C=O) groups is 2. The van der Waals surface area contributed by atoms with E-state index in [1.54, 1.807) is 32.2 Å². The number of aromatic nitrogens is 2. The molecule has 2 rings (SSSR count). The summed E-state index contributed by atoms with van der Waals surface area (Å²) in [6, 6.07) is 5.21. The fourth-order valence-corrected chi connectivity index (χ4v) is 2.57. The molecule has 8 nitrogen and oxygen atoms in total. The first-order chi connectivity index (χ1) is 13.0. The minimum atomic E-state index is -0.593. The second kappa shape index (κ2) is 9.77. The van der Waals surface area contributed by atoms with Crippen molar-refractivity contribution in [1.29, 1.82) is 0 Å². The number of methoxy groups -OCH3 is 2. The van der Waals surface area contributed by atoms with Crippen molar-refractivity contribution >= 4 is 35.0 Å². The van der Waals surface area contributed by atoms with Gasteiger partial charge in [-0.05, 0) is 25.3 Å². The summed E-state index contributed by atoms with van der Waals surface area (Å²) in [6.07, 6.45) is 2.84. The van der Waals surface area contributed by atoms with E-state index in [1.807, 2.05) is 6.26 Å². The largest absolute Gasteiger partial charge is 0.497 e. The molecule has 2 aromatic rings. The van der Waals surface area contributed by atoms with Crippen molar-refractivity contribution in [1.82, 2.24) is 9.97 Å². The average Bonchev–Trinajstić information content (AvgIpc) is 2.68. The number of benzene rings is 1. The highest BCUT2D eigenvalue weighted by molar-refractivity contribution is 7.98. The van der Waals surface area contributed by atoms with Crippen molar-refractivity contribution in [2.24, 2.45) is 0 Å². The number of hydrogen-bond donors (Lipinski definition) is 1. The number of nitrogens with zero attached hydrogens (tertiary/aromatic N) is 2. The van der Waals surface area contributed by atoms with Crippen LogP contribution < -0.4 is 14.8 Å². The van der Waals surface area contributed by atoms with Gasteiger partial charge in [0.15, 0.2) is 10.9 Å². The number of thioether (sulfide) groups is 1. The van der Waals surface area contributed by atoms with E-state index in [0.717, 1.165) is 0 Å². The van der Waals surface area contributed by atoms with Gasteiger partial charge >= 0.3 is 5.97 Å². The molecule has 1 N–H and O–H groups in total. The van der Waals surface area contributed by atoms with E-state index in [1.165, 1.54) is 25.1 Å². The molecule has 0 aliphatic heterocycles. The number of ketones is 1.